The molecule has 0 fully saturated rings. The number of carbonyl (C=O) groups excluding carboxylic acids is 1. The van der Waals surface area contributed by atoms with Crippen molar-refractivity contribution in [2.75, 3.05) is 0 Å². The Morgan fingerprint density at radius 2 is 1.88 bits per heavy atom. The van der Waals surface area contributed by atoms with E-state index in [2.05, 4.69) is 5.32 Å². The molecule has 26 heavy (non-hydrogen) atoms. The number of allylic oxidation sites excluding steroid dienone is 4. The molecule has 0 bridgehead atoms. The van der Waals surface area contributed by atoms with Gasteiger partial charge in [0, 0.05) is 17.7 Å². The van der Waals surface area contributed by atoms with Gasteiger partial charge in [-0.1, -0.05) is 42.8 Å². The summed E-state index contributed by atoms with van der Waals surface area (Å²) in [4.78, 5) is 13.6. The van der Waals surface area contributed by atoms with Gasteiger partial charge >= 0.3 is 0 Å². The summed E-state index contributed by atoms with van der Waals surface area (Å²) >= 11 is 0. The van der Waals surface area contributed by atoms with Crippen molar-refractivity contribution in [3.8, 4) is 0 Å². The fourth-order valence-electron chi connectivity index (χ4n) is 4.07. The molecule has 0 radical (unpaired) electrons. The van der Waals surface area contributed by atoms with E-state index in [1.807, 2.05) is 26.0 Å². The normalized spacial score (nSPS) is 28.2. The van der Waals surface area contributed by atoms with Crippen LogP contribution < -0.4 is 5.32 Å². The van der Waals surface area contributed by atoms with Crippen LogP contribution in [-0.2, 0) is 14.6 Å². The van der Waals surface area contributed by atoms with Crippen molar-refractivity contribution < 1.29 is 13.2 Å². The first-order valence-corrected chi connectivity index (χ1v) is 10.6. The van der Waals surface area contributed by atoms with Gasteiger partial charge in [0.15, 0.2) is 5.78 Å². The largest absolute Gasteiger partial charge is 0.384 e. The third kappa shape index (κ3) is 2.65. The lowest BCUT2D eigenvalue weighted by atomic mass is 9.77. The Hall–Kier alpha value is -2.14. The second-order valence-electron chi connectivity index (χ2n) is 7.46. The lowest BCUT2D eigenvalue weighted by Gasteiger charge is -2.39. The lowest BCUT2D eigenvalue weighted by Crippen LogP contribution is -2.48. The first kappa shape index (κ1) is 17.3. The fraction of sp³-hybridized carbons (Fsp3) is 0.381. The van der Waals surface area contributed by atoms with Gasteiger partial charge in [-0.25, -0.2) is 8.42 Å². The lowest BCUT2D eigenvalue weighted by molar-refractivity contribution is -0.119. The molecule has 1 aromatic carbocycles. The van der Waals surface area contributed by atoms with Gasteiger partial charge in [0.2, 0.25) is 9.84 Å². The zero-order chi connectivity index (χ0) is 18.5. The predicted octanol–water partition coefficient (Wildman–Crippen LogP) is 3.45. The molecule has 4 rings (SSSR count). The van der Waals surface area contributed by atoms with Crippen molar-refractivity contribution in [3.63, 3.8) is 0 Å². The molecule has 4 nitrogen and oxygen atoms in total. The average molecular weight is 369 g/mol. The number of Topliss-reactive ketones (excluding diaryl/α,β-unsaturated/α-hetero) is 1. The zero-order valence-electron chi connectivity index (χ0n) is 15.0. The minimum Gasteiger partial charge on any atom is -0.384 e. The van der Waals surface area contributed by atoms with E-state index in [-0.39, 0.29) is 33.5 Å². The van der Waals surface area contributed by atoms with Crippen molar-refractivity contribution in [1.29, 1.82) is 0 Å². The summed E-state index contributed by atoms with van der Waals surface area (Å²) in [7, 11) is -3.73. The molecule has 2 aliphatic carbocycles. The number of carbonyl (C=O) groups is 1. The smallest absolute Gasteiger partial charge is 0.207 e. The van der Waals surface area contributed by atoms with Crippen molar-refractivity contribution in [3.05, 3.63) is 64.2 Å². The number of fused-ring (bicyclic) bond motifs is 1. The van der Waals surface area contributed by atoms with Gasteiger partial charge in [0.1, 0.15) is 0 Å². The first-order chi connectivity index (χ1) is 12.4. The minimum atomic E-state index is -3.73. The van der Waals surface area contributed by atoms with E-state index in [4.69, 9.17) is 0 Å². The fourth-order valence-corrected chi connectivity index (χ4v) is 5.61. The molecule has 0 saturated heterocycles. The highest BCUT2D eigenvalue weighted by Crippen LogP contribution is 2.41. The molecule has 3 atom stereocenters. The van der Waals surface area contributed by atoms with Crippen LogP contribution in [0.5, 0.6) is 0 Å². The van der Waals surface area contributed by atoms with E-state index in [0.29, 0.717) is 12.0 Å². The standard InChI is InChI=1S/C21H23NO3S/c1-13-7-10-15(11-8-13)26(24,25)18-12-9-14(2)20-19(18)21(23)16-5-3-4-6-17(16)22-20/h3,5,7-8,10-12,14,16-17,22H,4,6,9H2,1-2H3. The topological polar surface area (TPSA) is 63.2 Å². The molecule has 1 aliphatic heterocycles. The van der Waals surface area contributed by atoms with E-state index in [0.717, 1.165) is 24.1 Å². The third-order valence-corrected chi connectivity index (χ3v) is 7.44. The summed E-state index contributed by atoms with van der Waals surface area (Å²) in [6, 6.07) is 6.89. The molecule has 1 heterocycles. The second kappa shape index (κ2) is 6.23. The Morgan fingerprint density at radius 1 is 1.15 bits per heavy atom. The van der Waals surface area contributed by atoms with Gasteiger partial charge in [-0.15, -0.1) is 0 Å². The van der Waals surface area contributed by atoms with Crippen molar-refractivity contribution >= 4 is 15.6 Å². The first-order valence-electron chi connectivity index (χ1n) is 9.13. The number of benzene rings is 1. The van der Waals surface area contributed by atoms with Crippen LogP contribution in [0.3, 0.4) is 0 Å². The average Bonchev–Trinajstić information content (AvgIpc) is 2.63. The Labute approximate surface area is 154 Å². The van der Waals surface area contributed by atoms with Crippen LogP contribution in [0.25, 0.3) is 0 Å². The van der Waals surface area contributed by atoms with Crippen molar-refractivity contribution in [2.45, 2.75) is 44.0 Å². The summed E-state index contributed by atoms with van der Waals surface area (Å²) in [5, 5.41) is 3.50. The van der Waals surface area contributed by atoms with Gasteiger partial charge < -0.3 is 5.32 Å². The molecule has 3 aliphatic rings. The number of nitrogens with one attached hydrogen (secondary N) is 1. The van der Waals surface area contributed by atoms with Crippen LogP contribution in [0.15, 0.2) is 63.6 Å². The maximum atomic E-state index is 13.3. The number of hydrogen-bond acceptors (Lipinski definition) is 4. The summed E-state index contributed by atoms with van der Waals surface area (Å²) < 4.78 is 26.5. The van der Waals surface area contributed by atoms with Gasteiger partial charge in [-0.2, -0.15) is 0 Å². The zero-order valence-corrected chi connectivity index (χ0v) is 15.8. The summed E-state index contributed by atoms with van der Waals surface area (Å²) in [6.07, 6.45) is 8.15. The van der Waals surface area contributed by atoms with Gasteiger partial charge in [0.25, 0.3) is 0 Å². The molecule has 0 amide bonds. The number of rotatable bonds is 2. The van der Waals surface area contributed by atoms with E-state index in [1.165, 1.54) is 0 Å². The van der Waals surface area contributed by atoms with E-state index >= 15 is 0 Å². The third-order valence-electron chi connectivity index (χ3n) is 5.60. The Bertz CT molecular complexity index is 951. The van der Waals surface area contributed by atoms with E-state index in [9.17, 15) is 13.2 Å². The van der Waals surface area contributed by atoms with E-state index < -0.39 is 9.84 Å². The maximum absolute atomic E-state index is 13.3. The molecule has 1 aromatic rings. The summed E-state index contributed by atoms with van der Waals surface area (Å²) in [5.74, 6) is -0.213. The molecule has 3 unspecified atom stereocenters. The quantitative estimate of drug-likeness (QED) is 0.811. The predicted molar refractivity (Wildman–Crippen MR) is 101 cm³/mol. The Morgan fingerprint density at radius 3 is 2.62 bits per heavy atom. The van der Waals surface area contributed by atoms with Crippen molar-refractivity contribution in [2.24, 2.45) is 11.8 Å². The minimum absolute atomic E-state index is 0.0619. The molecular formula is C21H23NO3S. The number of aryl methyl sites for hydroxylation is 1. The Kier molecular flexibility index (Phi) is 4.14. The summed E-state index contributed by atoms with van der Waals surface area (Å²) in [6.45, 7) is 3.96. The summed E-state index contributed by atoms with van der Waals surface area (Å²) in [5.41, 5.74) is 2.18. The molecule has 0 aromatic heterocycles. The SMILES string of the molecule is Cc1ccc(S(=O)(=O)C2=CCC(C)C3=C2C(=O)C2C=CCCC2N3)cc1. The highest BCUT2D eigenvalue weighted by Gasteiger charge is 2.43. The molecule has 0 saturated carbocycles. The van der Waals surface area contributed by atoms with Crippen LogP contribution in [0.1, 0.15) is 31.7 Å². The molecule has 5 heteroatoms. The van der Waals surface area contributed by atoms with Gasteiger partial charge in [-0.05, 0) is 38.3 Å². The Balaban J connectivity index is 1.82. The van der Waals surface area contributed by atoms with Gasteiger partial charge in [-0.3, -0.25) is 4.79 Å². The molecule has 1 N–H and O–H groups in total. The van der Waals surface area contributed by atoms with Crippen LogP contribution >= 0.6 is 0 Å². The maximum Gasteiger partial charge on any atom is 0.207 e. The van der Waals surface area contributed by atoms with Crippen LogP contribution in [0.2, 0.25) is 0 Å². The number of ketones is 1. The number of sulfone groups is 1. The molecule has 0 spiro atoms. The van der Waals surface area contributed by atoms with Crippen LogP contribution in [-0.4, -0.2) is 20.2 Å². The van der Waals surface area contributed by atoms with Crippen molar-refractivity contribution in [1.82, 2.24) is 5.32 Å². The van der Waals surface area contributed by atoms with Crippen LogP contribution in [0.4, 0.5) is 0 Å². The van der Waals surface area contributed by atoms with Crippen LogP contribution in [0, 0.1) is 18.8 Å². The molecule has 136 valence electrons. The monoisotopic (exact) mass is 369 g/mol. The second-order valence-corrected chi connectivity index (χ2v) is 9.37. The highest BCUT2D eigenvalue weighted by atomic mass is 32.2. The number of hydrogen-bond donors (Lipinski definition) is 1. The van der Waals surface area contributed by atoms with Gasteiger partial charge in [0.05, 0.1) is 21.3 Å². The van der Waals surface area contributed by atoms with E-state index in [1.54, 1.807) is 30.3 Å². The molecular weight excluding hydrogens is 346 g/mol. The highest BCUT2D eigenvalue weighted by molar-refractivity contribution is 7.95.